The largest absolute Gasteiger partial charge is 0.365 e. The summed E-state index contributed by atoms with van der Waals surface area (Å²) in [6.45, 7) is 5.59. The smallest absolute Gasteiger partial charge is 0.106 e. The lowest BCUT2D eigenvalue weighted by molar-refractivity contribution is 0.275. The Balaban J connectivity index is 2.13. The Bertz CT molecular complexity index is 325. The summed E-state index contributed by atoms with van der Waals surface area (Å²) >= 11 is 3.36. The fourth-order valence-corrected chi connectivity index (χ4v) is 2.30. The van der Waals surface area contributed by atoms with Crippen molar-refractivity contribution in [1.29, 1.82) is 0 Å². The number of piperazine rings is 1. The number of aromatic nitrogens is 1. The van der Waals surface area contributed by atoms with Crippen molar-refractivity contribution in [2.45, 2.75) is 13.0 Å². The average molecular weight is 270 g/mol. The lowest BCUT2D eigenvalue weighted by atomic mass is 10.2. The van der Waals surface area contributed by atoms with Crippen LogP contribution in [-0.2, 0) is 0 Å². The number of likely N-dealkylation sites (N-methyl/N-ethyl adjacent to an activating group) is 1. The fourth-order valence-electron chi connectivity index (χ4n) is 2.06. The van der Waals surface area contributed by atoms with Gasteiger partial charge in [0.1, 0.15) is 4.60 Å². The van der Waals surface area contributed by atoms with Crippen LogP contribution in [0.3, 0.4) is 0 Å². The summed E-state index contributed by atoms with van der Waals surface area (Å²) in [6, 6.07) is 4.69. The molecule has 0 aliphatic carbocycles. The summed E-state index contributed by atoms with van der Waals surface area (Å²) in [5, 5.41) is 0. The maximum absolute atomic E-state index is 4.27. The van der Waals surface area contributed by atoms with Gasteiger partial charge in [-0.05, 0) is 42.0 Å². The highest BCUT2D eigenvalue weighted by atomic mass is 79.9. The number of nitrogens with zero attached hydrogens (tertiary/aromatic N) is 3. The first kappa shape index (κ1) is 10.9. The van der Waals surface area contributed by atoms with Crippen LogP contribution in [0, 0.1) is 0 Å². The molecule has 0 amide bonds. The highest BCUT2D eigenvalue weighted by molar-refractivity contribution is 9.10. The van der Waals surface area contributed by atoms with Crippen molar-refractivity contribution in [3.8, 4) is 0 Å². The van der Waals surface area contributed by atoms with Gasteiger partial charge in [-0.1, -0.05) is 0 Å². The maximum atomic E-state index is 4.27. The number of rotatable bonds is 1. The van der Waals surface area contributed by atoms with E-state index in [0.717, 1.165) is 24.2 Å². The van der Waals surface area contributed by atoms with Gasteiger partial charge < -0.3 is 9.80 Å². The zero-order valence-corrected chi connectivity index (χ0v) is 10.7. The molecule has 2 heterocycles. The molecule has 82 valence electrons. The third kappa shape index (κ3) is 2.49. The molecular formula is C11H16BrN3. The second kappa shape index (κ2) is 4.49. The molecule has 1 aromatic rings. The van der Waals surface area contributed by atoms with E-state index in [-0.39, 0.29) is 0 Å². The molecule has 1 fully saturated rings. The topological polar surface area (TPSA) is 19.4 Å². The number of pyridine rings is 1. The minimum absolute atomic E-state index is 0.562. The highest BCUT2D eigenvalue weighted by Gasteiger charge is 2.21. The van der Waals surface area contributed by atoms with E-state index in [2.05, 4.69) is 50.8 Å². The van der Waals surface area contributed by atoms with Crippen LogP contribution in [-0.4, -0.2) is 42.6 Å². The molecule has 0 aromatic carbocycles. The van der Waals surface area contributed by atoms with Gasteiger partial charge in [-0.25, -0.2) is 4.98 Å². The Hall–Kier alpha value is -0.610. The Labute approximate surface area is 99.2 Å². The van der Waals surface area contributed by atoms with Gasteiger partial charge in [0, 0.05) is 25.7 Å². The number of halogens is 1. The van der Waals surface area contributed by atoms with Crippen molar-refractivity contribution >= 4 is 21.6 Å². The lowest BCUT2D eigenvalue weighted by Gasteiger charge is -2.39. The highest BCUT2D eigenvalue weighted by Crippen LogP contribution is 2.20. The van der Waals surface area contributed by atoms with Gasteiger partial charge in [0.05, 0.1) is 11.9 Å². The third-order valence-corrected chi connectivity index (χ3v) is 3.34. The molecule has 1 saturated heterocycles. The van der Waals surface area contributed by atoms with E-state index in [1.54, 1.807) is 0 Å². The van der Waals surface area contributed by atoms with Gasteiger partial charge in [0.15, 0.2) is 0 Å². The first-order valence-electron chi connectivity index (χ1n) is 5.23. The molecule has 1 atom stereocenters. The van der Waals surface area contributed by atoms with Crippen LogP contribution in [0.4, 0.5) is 5.69 Å². The SMILES string of the molecule is CC1CN(C)CCN1c1ccc(Br)nc1. The second-order valence-corrected chi connectivity index (χ2v) is 4.96. The molecule has 15 heavy (non-hydrogen) atoms. The summed E-state index contributed by atoms with van der Waals surface area (Å²) in [4.78, 5) is 9.05. The van der Waals surface area contributed by atoms with Crippen molar-refractivity contribution in [2.75, 3.05) is 31.6 Å². The van der Waals surface area contributed by atoms with Gasteiger partial charge >= 0.3 is 0 Å². The van der Waals surface area contributed by atoms with Crippen LogP contribution in [0.15, 0.2) is 22.9 Å². The first-order chi connectivity index (χ1) is 7.16. The molecule has 0 spiro atoms. The molecule has 0 bridgehead atoms. The van der Waals surface area contributed by atoms with E-state index in [0.29, 0.717) is 6.04 Å². The van der Waals surface area contributed by atoms with Gasteiger partial charge in [0.2, 0.25) is 0 Å². The van der Waals surface area contributed by atoms with Crippen LogP contribution in [0.25, 0.3) is 0 Å². The standard InChI is InChI=1S/C11H16BrN3/c1-9-8-14(2)5-6-15(9)10-3-4-11(12)13-7-10/h3-4,7,9H,5-6,8H2,1-2H3. The minimum Gasteiger partial charge on any atom is -0.365 e. The number of hydrogen-bond acceptors (Lipinski definition) is 3. The minimum atomic E-state index is 0.562. The lowest BCUT2D eigenvalue weighted by Crippen LogP contribution is -2.50. The van der Waals surface area contributed by atoms with Crippen molar-refractivity contribution in [1.82, 2.24) is 9.88 Å². The van der Waals surface area contributed by atoms with E-state index in [9.17, 15) is 0 Å². The van der Waals surface area contributed by atoms with Gasteiger partial charge in [0.25, 0.3) is 0 Å². The summed E-state index contributed by atoms with van der Waals surface area (Å²) < 4.78 is 0.896. The monoisotopic (exact) mass is 269 g/mol. The first-order valence-corrected chi connectivity index (χ1v) is 6.03. The van der Waals surface area contributed by atoms with Gasteiger partial charge in [-0.3, -0.25) is 0 Å². The summed E-state index contributed by atoms with van der Waals surface area (Å²) in [7, 11) is 2.17. The normalized spacial score (nSPS) is 23.1. The Morgan fingerprint density at radius 2 is 2.20 bits per heavy atom. The molecule has 0 saturated carbocycles. The van der Waals surface area contributed by atoms with E-state index >= 15 is 0 Å². The average Bonchev–Trinajstić information content (AvgIpc) is 2.20. The summed E-state index contributed by atoms with van der Waals surface area (Å²) in [6.07, 6.45) is 1.94. The quantitative estimate of drug-likeness (QED) is 0.727. The Morgan fingerprint density at radius 3 is 2.80 bits per heavy atom. The second-order valence-electron chi connectivity index (χ2n) is 4.14. The molecule has 4 heteroatoms. The molecule has 0 radical (unpaired) electrons. The van der Waals surface area contributed by atoms with Crippen LogP contribution in [0.2, 0.25) is 0 Å². The van der Waals surface area contributed by atoms with Crippen LogP contribution in [0.5, 0.6) is 0 Å². The van der Waals surface area contributed by atoms with Crippen LogP contribution >= 0.6 is 15.9 Å². The van der Waals surface area contributed by atoms with Crippen LogP contribution < -0.4 is 4.90 Å². The third-order valence-electron chi connectivity index (χ3n) is 2.87. The Kier molecular flexibility index (Phi) is 3.26. The van der Waals surface area contributed by atoms with Crippen molar-refractivity contribution < 1.29 is 0 Å². The summed E-state index contributed by atoms with van der Waals surface area (Å²) in [5.74, 6) is 0. The van der Waals surface area contributed by atoms with E-state index in [4.69, 9.17) is 0 Å². The predicted molar refractivity (Wildman–Crippen MR) is 66.2 cm³/mol. The molecule has 1 aliphatic heterocycles. The zero-order valence-electron chi connectivity index (χ0n) is 9.15. The van der Waals surface area contributed by atoms with Crippen molar-refractivity contribution in [2.24, 2.45) is 0 Å². The van der Waals surface area contributed by atoms with Crippen LogP contribution in [0.1, 0.15) is 6.92 Å². The van der Waals surface area contributed by atoms with E-state index in [1.165, 1.54) is 5.69 Å². The Morgan fingerprint density at radius 1 is 1.40 bits per heavy atom. The zero-order chi connectivity index (χ0) is 10.8. The molecule has 1 aliphatic rings. The van der Waals surface area contributed by atoms with Crippen molar-refractivity contribution in [3.63, 3.8) is 0 Å². The maximum Gasteiger partial charge on any atom is 0.106 e. The predicted octanol–water partition coefficient (Wildman–Crippen LogP) is 1.98. The van der Waals surface area contributed by atoms with E-state index < -0.39 is 0 Å². The van der Waals surface area contributed by atoms with Crippen molar-refractivity contribution in [3.05, 3.63) is 22.9 Å². The molecule has 1 aromatic heterocycles. The molecule has 0 N–H and O–H groups in total. The molecular weight excluding hydrogens is 254 g/mol. The van der Waals surface area contributed by atoms with Gasteiger partial charge in [-0.2, -0.15) is 0 Å². The van der Waals surface area contributed by atoms with Gasteiger partial charge in [-0.15, -0.1) is 0 Å². The number of anilines is 1. The van der Waals surface area contributed by atoms with E-state index in [1.807, 2.05) is 12.3 Å². The molecule has 2 rings (SSSR count). The molecule has 3 nitrogen and oxygen atoms in total. The summed E-state index contributed by atoms with van der Waals surface area (Å²) in [5.41, 5.74) is 1.22. The fraction of sp³-hybridized carbons (Fsp3) is 0.545. The number of hydrogen-bond donors (Lipinski definition) is 0. The molecule has 1 unspecified atom stereocenters.